The standard InChI is InChI=1S/C13H13N5O/c1-7-2-3-11-12(17-7)18-13(19-11)9-4-8-10(5-14-9)16-6-15-8/h2-3,6,9,14H,4-5H2,1H3,(H,15,16). The summed E-state index contributed by atoms with van der Waals surface area (Å²) in [4.78, 5) is 16.3. The molecule has 0 amide bonds. The number of hydrogen-bond donors (Lipinski definition) is 2. The van der Waals surface area contributed by atoms with E-state index in [4.69, 9.17) is 4.42 Å². The molecule has 0 saturated carbocycles. The second-order valence-corrected chi connectivity index (χ2v) is 4.79. The van der Waals surface area contributed by atoms with Crippen molar-refractivity contribution in [3.8, 4) is 0 Å². The molecule has 6 nitrogen and oxygen atoms in total. The van der Waals surface area contributed by atoms with Crippen molar-refractivity contribution in [2.45, 2.75) is 25.9 Å². The molecule has 4 rings (SSSR count). The zero-order valence-corrected chi connectivity index (χ0v) is 10.5. The summed E-state index contributed by atoms with van der Waals surface area (Å²) in [6, 6.07) is 3.90. The van der Waals surface area contributed by atoms with E-state index in [9.17, 15) is 0 Å². The first kappa shape index (κ1) is 10.7. The third-order valence-corrected chi connectivity index (χ3v) is 3.44. The Kier molecular flexibility index (Phi) is 2.19. The summed E-state index contributed by atoms with van der Waals surface area (Å²) < 4.78 is 5.78. The van der Waals surface area contributed by atoms with Crippen LogP contribution in [0.2, 0.25) is 0 Å². The Morgan fingerprint density at radius 3 is 3.21 bits per heavy atom. The van der Waals surface area contributed by atoms with Crippen molar-refractivity contribution in [3.05, 3.63) is 41.4 Å². The van der Waals surface area contributed by atoms with Gasteiger partial charge in [0.05, 0.1) is 23.8 Å². The molecule has 3 aromatic rings. The van der Waals surface area contributed by atoms with Gasteiger partial charge in [0.2, 0.25) is 5.89 Å². The SMILES string of the molecule is Cc1ccc2oc(C3Cc4nc[nH]c4CN3)nc2n1. The smallest absolute Gasteiger partial charge is 0.214 e. The van der Waals surface area contributed by atoms with Gasteiger partial charge in [-0.05, 0) is 19.1 Å². The van der Waals surface area contributed by atoms with Crippen molar-refractivity contribution in [1.82, 2.24) is 25.3 Å². The van der Waals surface area contributed by atoms with E-state index in [2.05, 4.69) is 25.3 Å². The zero-order valence-electron chi connectivity index (χ0n) is 10.5. The summed E-state index contributed by atoms with van der Waals surface area (Å²) in [5, 5.41) is 3.40. The molecule has 0 aliphatic carbocycles. The van der Waals surface area contributed by atoms with Crippen molar-refractivity contribution in [3.63, 3.8) is 0 Å². The van der Waals surface area contributed by atoms with Gasteiger partial charge in [-0.3, -0.25) is 5.32 Å². The molecular weight excluding hydrogens is 242 g/mol. The Morgan fingerprint density at radius 2 is 2.26 bits per heavy atom. The Morgan fingerprint density at radius 1 is 1.32 bits per heavy atom. The van der Waals surface area contributed by atoms with Crippen LogP contribution >= 0.6 is 0 Å². The molecule has 0 bridgehead atoms. The van der Waals surface area contributed by atoms with Crippen LogP contribution in [0.1, 0.15) is 29.0 Å². The van der Waals surface area contributed by atoms with Crippen molar-refractivity contribution >= 4 is 11.2 Å². The fraction of sp³-hybridized carbons (Fsp3) is 0.308. The molecule has 1 aliphatic rings. The molecule has 4 heterocycles. The fourth-order valence-corrected chi connectivity index (χ4v) is 2.42. The first-order valence-corrected chi connectivity index (χ1v) is 6.28. The zero-order chi connectivity index (χ0) is 12.8. The molecule has 0 spiro atoms. The molecule has 3 aromatic heterocycles. The highest BCUT2D eigenvalue weighted by molar-refractivity contribution is 5.67. The van der Waals surface area contributed by atoms with Crippen LogP contribution in [0.15, 0.2) is 22.9 Å². The van der Waals surface area contributed by atoms with Gasteiger partial charge in [0.15, 0.2) is 11.2 Å². The molecule has 0 fully saturated rings. The number of hydrogen-bond acceptors (Lipinski definition) is 5. The number of nitrogens with zero attached hydrogens (tertiary/aromatic N) is 3. The molecule has 0 aromatic carbocycles. The normalized spacial score (nSPS) is 18.7. The number of imidazole rings is 1. The minimum Gasteiger partial charge on any atom is -0.437 e. The number of aryl methyl sites for hydroxylation is 1. The van der Waals surface area contributed by atoms with E-state index >= 15 is 0 Å². The summed E-state index contributed by atoms with van der Waals surface area (Å²) in [7, 11) is 0. The van der Waals surface area contributed by atoms with Crippen LogP contribution in [0.5, 0.6) is 0 Å². The van der Waals surface area contributed by atoms with Crippen LogP contribution in [0.4, 0.5) is 0 Å². The van der Waals surface area contributed by atoms with Gasteiger partial charge in [0.25, 0.3) is 0 Å². The minimum atomic E-state index is 0.0605. The van der Waals surface area contributed by atoms with Gasteiger partial charge < -0.3 is 9.40 Å². The minimum absolute atomic E-state index is 0.0605. The van der Waals surface area contributed by atoms with Gasteiger partial charge in [0, 0.05) is 18.7 Å². The molecular formula is C13H13N5O. The number of pyridine rings is 1. The van der Waals surface area contributed by atoms with Gasteiger partial charge in [-0.1, -0.05) is 0 Å². The number of aromatic amines is 1. The van der Waals surface area contributed by atoms with E-state index in [1.165, 1.54) is 0 Å². The number of oxazole rings is 1. The molecule has 6 heteroatoms. The summed E-state index contributed by atoms with van der Waals surface area (Å²) >= 11 is 0. The topological polar surface area (TPSA) is 79.6 Å². The lowest BCUT2D eigenvalue weighted by Crippen LogP contribution is -2.28. The van der Waals surface area contributed by atoms with Gasteiger partial charge >= 0.3 is 0 Å². The Bertz CT molecular complexity index is 744. The second-order valence-electron chi connectivity index (χ2n) is 4.79. The third kappa shape index (κ3) is 1.72. The van der Waals surface area contributed by atoms with Crippen LogP contribution in [-0.2, 0) is 13.0 Å². The third-order valence-electron chi connectivity index (χ3n) is 3.44. The average molecular weight is 255 g/mol. The lowest BCUT2D eigenvalue weighted by atomic mass is 10.1. The van der Waals surface area contributed by atoms with Crippen LogP contribution in [0.3, 0.4) is 0 Å². The van der Waals surface area contributed by atoms with Crippen molar-refractivity contribution in [1.29, 1.82) is 0 Å². The molecule has 2 N–H and O–H groups in total. The van der Waals surface area contributed by atoms with E-state index in [1.807, 2.05) is 19.1 Å². The molecule has 0 saturated heterocycles. The maximum Gasteiger partial charge on any atom is 0.214 e. The highest BCUT2D eigenvalue weighted by atomic mass is 16.3. The van der Waals surface area contributed by atoms with Gasteiger partial charge in [-0.15, -0.1) is 0 Å². The quantitative estimate of drug-likeness (QED) is 0.691. The monoisotopic (exact) mass is 255 g/mol. The Hall–Kier alpha value is -2.21. The predicted octanol–water partition coefficient (Wildman–Crippen LogP) is 1.64. The molecule has 19 heavy (non-hydrogen) atoms. The first-order valence-electron chi connectivity index (χ1n) is 6.28. The highest BCUT2D eigenvalue weighted by Crippen LogP contribution is 2.25. The number of rotatable bonds is 1. The van der Waals surface area contributed by atoms with Crippen molar-refractivity contribution < 1.29 is 4.42 Å². The maximum atomic E-state index is 5.78. The maximum absolute atomic E-state index is 5.78. The highest BCUT2D eigenvalue weighted by Gasteiger charge is 2.25. The second kappa shape index (κ2) is 3.89. The van der Waals surface area contributed by atoms with Gasteiger partial charge in [0.1, 0.15) is 0 Å². The number of H-pyrrole nitrogens is 1. The van der Waals surface area contributed by atoms with E-state index in [0.29, 0.717) is 11.5 Å². The molecule has 96 valence electrons. The van der Waals surface area contributed by atoms with Crippen LogP contribution < -0.4 is 5.32 Å². The van der Waals surface area contributed by atoms with Crippen molar-refractivity contribution in [2.75, 3.05) is 0 Å². The average Bonchev–Trinajstić information content (AvgIpc) is 3.02. The molecule has 0 radical (unpaired) electrons. The first-order chi connectivity index (χ1) is 9.29. The Labute approximate surface area is 109 Å². The number of nitrogens with one attached hydrogen (secondary N) is 2. The lowest BCUT2D eigenvalue weighted by molar-refractivity contribution is 0.391. The lowest BCUT2D eigenvalue weighted by Gasteiger charge is -2.19. The van der Waals surface area contributed by atoms with Crippen LogP contribution in [0.25, 0.3) is 11.2 Å². The summed E-state index contributed by atoms with van der Waals surface area (Å²) in [5.74, 6) is 0.682. The van der Waals surface area contributed by atoms with E-state index in [0.717, 1.165) is 35.6 Å². The largest absolute Gasteiger partial charge is 0.437 e. The summed E-state index contributed by atoms with van der Waals surface area (Å²) in [6.07, 6.45) is 2.51. The number of aromatic nitrogens is 4. The summed E-state index contributed by atoms with van der Waals surface area (Å²) in [5.41, 5.74) is 4.56. The molecule has 1 aliphatic heterocycles. The van der Waals surface area contributed by atoms with E-state index in [1.54, 1.807) is 6.33 Å². The van der Waals surface area contributed by atoms with Gasteiger partial charge in [-0.25, -0.2) is 9.97 Å². The van der Waals surface area contributed by atoms with Crippen LogP contribution in [0, 0.1) is 6.92 Å². The van der Waals surface area contributed by atoms with Crippen molar-refractivity contribution in [2.24, 2.45) is 0 Å². The van der Waals surface area contributed by atoms with E-state index in [-0.39, 0.29) is 6.04 Å². The Balaban J connectivity index is 1.71. The fourth-order valence-electron chi connectivity index (χ4n) is 2.42. The van der Waals surface area contributed by atoms with Crippen LogP contribution in [-0.4, -0.2) is 19.9 Å². The predicted molar refractivity (Wildman–Crippen MR) is 68.4 cm³/mol. The van der Waals surface area contributed by atoms with E-state index < -0.39 is 0 Å². The van der Waals surface area contributed by atoms with Gasteiger partial charge in [-0.2, -0.15) is 4.98 Å². The summed E-state index contributed by atoms with van der Waals surface area (Å²) in [6.45, 7) is 2.70. The molecule has 1 unspecified atom stereocenters. The number of fused-ring (bicyclic) bond motifs is 2. The molecule has 1 atom stereocenters.